The van der Waals surface area contributed by atoms with Crippen molar-refractivity contribution in [2.45, 2.75) is 32.8 Å². The van der Waals surface area contributed by atoms with Gasteiger partial charge < -0.3 is 14.7 Å². The molecule has 0 aromatic rings. The molecule has 0 saturated carbocycles. The molecule has 0 radical (unpaired) electrons. The molecule has 1 saturated heterocycles. The molecular weight excluding hydrogens is 198 g/mol. The molecule has 0 aromatic heterocycles. The Balaban J connectivity index is 0.000000265. The monoisotopic (exact) mass is 217 g/mol. The van der Waals surface area contributed by atoms with Crippen molar-refractivity contribution in [1.82, 2.24) is 4.90 Å². The van der Waals surface area contributed by atoms with E-state index in [0.29, 0.717) is 5.91 Å². The fraction of sp³-hybridized carbons (Fsp3) is 0.800. The second-order valence-electron chi connectivity index (χ2n) is 3.28. The summed E-state index contributed by atoms with van der Waals surface area (Å²) in [6.07, 6.45) is 0.838. The molecule has 1 aliphatic heterocycles. The highest BCUT2D eigenvalue weighted by atomic mass is 16.5. The first-order valence-corrected chi connectivity index (χ1v) is 5.06. The molecule has 1 rings (SSSR count). The fourth-order valence-electron chi connectivity index (χ4n) is 1.21. The van der Waals surface area contributed by atoms with Crippen molar-refractivity contribution in [3.63, 3.8) is 0 Å². The normalized spacial score (nSPS) is 16.8. The highest BCUT2D eigenvalue weighted by Gasteiger charge is 2.16. The Morgan fingerprint density at radius 1 is 1.67 bits per heavy atom. The van der Waals surface area contributed by atoms with E-state index in [-0.39, 0.29) is 0 Å². The van der Waals surface area contributed by atoms with E-state index in [9.17, 15) is 9.59 Å². The Morgan fingerprint density at radius 2 is 2.27 bits per heavy atom. The number of esters is 1. The molecule has 1 heterocycles. The molecule has 1 N–H and O–H groups in total. The van der Waals surface area contributed by atoms with Crippen molar-refractivity contribution in [1.29, 1.82) is 0 Å². The van der Waals surface area contributed by atoms with Gasteiger partial charge in [0.1, 0.15) is 6.10 Å². The van der Waals surface area contributed by atoms with Gasteiger partial charge in [-0.15, -0.1) is 0 Å². The summed E-state index contributed by atoms with van der Waals surface area (Å²) in [4.78, 5) is 22.7. The number of likely N-dealkylation sites (tertiary alicyclic amines) is 1. The largest absolute Gasteiger partial charge is 0.467 e. The van der Waals surface area contributed by atoms with Gasteiger partial charge in [-0.2, -0.15) is 0 Å². The van der Waals surface area contributed by atoms with Crippen LogP contribution in [0, 0.1) is 0 Å². The number of aliphatic hydroxyl groups excluding tert-OH is 1. The topological polar surface area (TPSA) is 66.8 Å². The fourth-order valence-corrected chi connectivity index (χ4v) is 1.21. The van der Waals surface area contributed by atoms with Gasteiger partial charge in [-0.3, -0.25) is 4.79 Å². The van der Waals surface area contributed by atoms with Gasteiger partial charge in [0.15, 0.2) is 0 Å². The Labute approximate surface area is 90.0 Å². The van der Waals surface area contributed by atoms with Crippen LogP contribution in [-0.4, -0.2) is 48.2 Å². The molecule has 88 valence electrons. The number of nitrogens with zero attached hydrogens (tertiary/aromatic N) is 1. The molecular formula is C10H19NO4. The highest BCUT2D eigenvalue weighted by Crippen LogP contribution is 2.07. The lowest BCUT2D eigenvalue weighted by Gasteiger charge is -2.10. The molecule has 0 bridgehead atoms. The minimum Gasteiger partial charge on any atom is -0.467 e. The van der Waals surface area contributed by atoms with Crippen LogP contribution in [0.2, 0.25) is 0 Å². The smallest absolute Gasteiger partial charge is 0.334 e. The summed E-state index contributed by atoms with van der Waals surface area (Å²) in [5.74, 6) is -0.271. The van der Waals surface area contributed by atoms with Gasteiger partial charge in [-0.05, 0) is 20.3 Å². The maximum atomic E-state index is 10.7. The molecule has 0 aromatic carbocycles. The van der Waals surface area contributed by atoms with E-state index < -0.39 is 12.1 Å². The number of hydrogen-bond donors (Lipinski definition) is 1. The Bertz CT molecular complexity index is 215. The van der Waals surface area contributed by atoms with Crippen LogP contribution in [0.25, 0.3) is 0 Å². The number of methoxy groups -OCH3 is 1. The molecule has 0 aliphatic carbocycles. The first-order chi connectivity index (χ1) is 7.02. The number of ether oxygens (including phenoxy) is 1. The van der Waals surface area contributed by atoms with Gasteiger partial charge in [-0.25, -0.2) is 4.79 Å². The molecule has 0 spiro atoms. The average Bonchev–Trinajstić information content (AvgIpc) is 2.63. The van der Waals surface area contributed by atoms with Crippen LogP contribution in [-0.2, 0) is 14.3 Å². The predicted octanol–water partition coefficient (Wildman–Crippen LogP) is 0.169. The SMILES string of the molecule is CCN1CCCC1=O.COC(=O)C(C)O. The summed E-state index contributed by atoms with van der Waals surface area (Å²) in [6, 6.07) is 0. The van der Waals surface area contributed by atoms with Crippen molar-refractivity contribution >= 4 is 11.9 Å². The van der Waals surface area contributed by atoms with Gasteiger partial charge in [0.05, 0.1) is 7.11 Å². The second kappa shape index (κ2) is 7.23. The first kappa shape index (κ1) is 13.9. The highest BCUT2D eigenvalue weighted by molar-refractivity contribution is 5.77. The second-order valence-corrected chi connectivity index (χ2v) is 3.28. The van der Waals surface area contributed by atoms with Crippen LogP contribution in [0.4, 0.5) is 0 Å². The third-order valence-corrected chi connectivity index (χ3v) is 2.10. The Morgan fingerprint density at radius 3 is 2.40 bits per heavy atom. The zero-order chi connectivity index (χ0) is 11.8. The molecule has 1 amide bonds. The number of carbonyl (C=O) groups excluding carboxylic acids is 2. The van der Waals surface area contributed by atoms with Crippen molar-refractivity contribution < 1.29 is 19.4 Å². The minimum absolute atomic E-state index is 0.326. The summed E-state index contributed by atoms with van der Waals surface area (Å²) in [5.41, 5.74) is 0. The van der Waals surface area contributed by atoms with Crippen molar-refractivity contribution in [3.05, 3.63) is 0 Å². The van der Waals surface area contributed by atoms with E-state index in [2.05, 4.69) is 4.74 Å². The zero-order valence-corrected chi connectivity index (χ0v) is 9.52. The van der Waals surface area contributed by atoms with Crippen LogP contribution in [0.15, 0.2) is 0 Å². The molecule has 15 heavy (non-hydrogen) atoms. The molecule has 1 atom stereocenters. The van der Waals surface area contributed by atoms with Gasteiger partial charge >= 0.3 is 5.97 Å². The molecule has 1 aliphatic rings. The van der Waals surface area contributed by atoms with Gasteiger partial charge in [0, 0.05) is 19.5 Å². The van der Waals surface area contributed by atoms with Gasteiger partial charge in [0.2, 0.25) is 5.91 Å². The van der Waals surface area contributed by atoms with E-state index in [1.54, 1.807) is 0 Å². The van der Waals surface area contributed by atoms with Crippen molar-refractivity contribution in [3.8, 4) is 0 Å². The number of aliphatic hydroxyl groups is 1. The lowest BCUT2D eigenvalue weighted by molar-refractivity contribution is -0.149. The number of hydrogen-bond acceptors (Lipinski definition) is 4. The summed E-state index contributed by atoms with van der Waals surface area (Å²) >= 11 is 0. The lowest BCUT2D eigenvalue weighted by atomic mass is 10.4. The van der Waals surface area contributed by atoms with Crippen molar-refractivity contribution in [2.75, 3.05) is 20.2 Å². The molecule has 5 nitrogen and oxygen atoms in total. The average molecular weight is 217 g/mol. The zero-order valence-electron chi connectivity index (χ0n) is 9.52. The maximum Gasteiger partial charge on any atom is 0.334 e. The van der Waals surface area contributed by atoms with Crippen LogP contribution >= 0.6 is 0 Å². The van der Waals surface area contributed by atoms with Crippen LogP contribution in [0.3, 0.4) is 0 Å². The summed E-state index contributed by atoms with van der Waals surface area (Å²) in [6.45, 7) is 5.24. The van der Waals surface area contributed by atoms with Crippen molar-refractivity contribution in [2.24, 2.45) is 0 Å². The maximum absolute atomic E-state index is 10.7. The molecule has 5 heteroatoms. The van der Waals surface area contributed by atoms with E-state index in [0.717, 1.165) is 25.9 Å². The number of carbonyl (C=O) groups is 2. The summed E-state index contributed by atoms with van der Waals surface area (Å²) < 4.78 is 4.12. The first-order valence-electron chi connectivity index (χ1n) is 5.06. The van der Waals surface area contributed by atoms with E-state index in [1.807, 2.05) is 11.8 Å². The van der Waals surface area contributed by atoms with Crippen LogP contribution in [0.5, 0.6) is 0 Å². The third-order valence-electron chi connectivity index (χ3n) is 2.10. The molecule has 1 unspecified atom stereocenters. The Kier molecular flexibility index (Phi) is 6.70. The van der Waals surface area contributed by atoms with E-state index in [1.165, 1.54) is 14.0 Å². The van der Waals surface area contributed by atoms with Crippen LogP contribution < -0.4 is 0 Å². The summed E-state index contributed by atoms with van der Waals surface area (Å²) in [7, 11) is 1.23. The minimum atomic E-state index is -0.995. The summed E-state index contributed by atoms with van der Waals surface area (Å²) in [5, 5.41) is 8.35. The Hall–Kier alpha value is -1.10. The van der Waals surface area contributed by atoms with E-state index in [4.69, 9.17) is 5.11 Å². The van der Waals surface area contributed by atoms with E-state index >= 15 is 0 Å². The number of rotatable bonds is 2. The molecule has 1 fully saturated rings. The lowest BCUT2D eigenvalue weighted by Crippen LogP contribution is -2.23. The standard InChI is InChI=1S/C6H11NO.C4H8O3/c1-2-7-5-3-4-6(7)8;1-3(5)4(6)7-2/h2-5H2,1H3;3,5H,1-2H3. The van der Waals surface area contributed by atoms with Crippen LogP contribution in [0.1, 0.15) is 26.7 Å². The predicted molar refractivity (Wildman–Crippen MR) is 55.2 cm³/mol. The van der Waals surface area contributed by atoms with Gasteiger partial charge in [-0.1, -0.05) is 0 Å². The van der Waals surface area contributed by atoms with Gasteiger partial charge in [0.25, 0.3) is 0 Å². The quantitative estimate of drug-likeness (QED) is 0.669. The number of amides is 1. The third kappa shape index (κ3) is 5.37.